The summed E-state index contributed by atoms with van der Waals surface area (Å²) in [6.45, 7) is 0.908. The Kier molecular flexibility index (Phi) is 4.37. The van der Waals surface area contributed by atoms with Gasteiger partial charge >= 0.3 is 12.1 Å². The van der Waals surface area contributed by atoms with Crippen LogP contribution >= 0.6 is 0 Å². The van der Waals surface area contributed by atoms with Gasteiger partial charge in [-0.1, -0.05) is 18.2 Å². The minimum Gasteiger partial charge on any atom is -0.417 e. The summed E-state index contributed by atoms with van der Waals surface area (Å²) in [5.74, 6) is -1.59. The SMILES string of the molecule is O=C(Cc1c[nH]c2ccccc12)N1CCC(c2nnc(C(F)(F)F)o2)CC1. The Labute approximate surface area is 152 Å². The highest BCUT2D eigenvalue weighted by atomic mass is 19.4. The van der Waals surface area contributed by atoms with Crippen molar-refractivity contribution in [3.05, 3.63) is 47.8 Å². The van der Waals surface area contributed by atoms with Crippen molar-refractivity contribution in [1.82, 2.24) is 20.1 Å². The number of halogens is 3. The molecule has 1 amide bonds. The van der Waals surface area contributed by atoms with Crippen molar-refractivity contribution >= 4 is 16.8 Å². The lowest BCUT2D eigenvalue weighted by molar-refractivity contribution is -0.157. The van der Waals surface area contributed by atoms with Crippen molar-refractivity contribution in [2.24, 2.45) is 0 Å². The van der Waals surface area contributed by atoms with Crippen LogP contribution in [0, 0.1) is 0 Å². The van der Waals surface area contributed by atoms with Crippen LogP contribution in [0.5, 0.6) is 0 Å². The number of carbonyl (C=O) groups is 1. The number of nitrogens with one attached hydrogen (secondary N) is 1. The van der Waals surface area contributed by atoms with E-state index in [9.17, 15) is 18.0 Å². The molecule has 1 aromatic carbocycles. The van der Waals surface area contributed by atoms with Crippen molar-refractivity contribution in [1.29, 1.82) is 0 Å². The van der Waals surface area contributed by atoms with Crippen molar-refractivity contribution < 1.29 is 22.4 Å². The smallest absolute Gasteiger partial charge is 0.417 e. The molecule has 0 spiro atoms. The summed E-state index contributed by atoms with van der Waals surface area (Å²) in [5.41, 5.74) is 1.92. The fourth-order valence-electron chi connectivity index (χ4n) is 3.44. The molecule has 1 N–H and O–H groups in total. The van der Waals surface area contributed by atoms with Crippen LogP contribution in [0.25, 0.3) is 10.9 Å². The predicted octanol–water partition coefficient (Wildman–Crippen LogP) is 3.52. The lowest BCUT2D eigenvalue weighted by Crippen LogP contribution is -2.38. The van der Waals surface area contributed by atoms with E-state index in [1.165, 1.54) is 0 Å². The van der Waals surface area contributed by atoms with Crippen molar-refractivity contribution in [2.75, 3.05) is 13.1 Å². The zero-order valence-electron chi connectivity index (χ0n) is 14.3. The first kappa shape index (κ1) is 17.6. The summed E-state index contributed by atoms with van der Waals surface area (Å²) in [4.78, 5) is 17.5. The maximum atomic E-state index is 12.6. The summed E-state index contributed by atoms with van der Waals surface area (Å²) < 4.78 is 42.5. The molecule has 2 aromatic heterocycles. The van der Waals surface area contributed by atoms with E-state index in [0.717, 1.165) is 16.5 Å². The number of piperidine rings is 1. The normalized spacial score (nSPS) is 16.2. The third-order valence-corrected chi connectivity index (χ3v) is 4.90. The van der Waals surface area contributed by atoms with E-state index in [1.54, 1.807) is 4.90 Å². The molecule has 6 nitrogen and oxygen atoms in total. The quantitative estimate of drug-likeness (QED) is 0.757. The van der Waals surface area contributed by atoms with E-state index in [4.69, 9.17) is 4.42 Å². The second-order valence-corrected chi connectivity index (χ2v) is 6.63. The first-order valence-electron chi connectivity index (χ1n) is 8.65. The molecule has 1 saturated heterocycles. The highest BCUT2D eigenvalue weighted by Gasteiger charge is 2.39. The topological polar surface area (TPSA) is 75.0 Å². The highest BCUT2D eigenvalue weighted by Crippen LogP contribution is 2.32. The van der Waals surface area contributed by atoms with Gasteiger partial charge in [-0.05, 0) is 24.5 Å². The third kappa shape index (κ3) is 3.54. The fraction of sp³-hybridized carbons (Fsp3) is 0.389. The number of amides is 1. The molecule has 4 rings (SSSR count). The monoisotopic (exact) mass is 378 g/mol. The molecule has 0 unspecified atom stereocenters. The number of H-pyrrole nitrogens is 1. The largest absolute Gasteiger partial charge is 0.470 e. The van der Waals surface area contributed by atoms with Gasteiger partial charge < -0.3 is 14.3 Å². The lowest BCUT2D eigenvalue weighted by atomic mass is 9.96. The number of rotatable bonds is 3. The van der Waals surface area contributed by atoms with Crippen LogP contribution in [0.3, 0.4) is 0 Å². The molecule has 27 heavy (non-hydrogen) atoms. The van der Waals surface area contributed by atoms with Gasteiger partial charge in [-0.3, -0.25) is 4.79 Å². The number of aromatic nitrogens is 3. The molecular weight excluding hydrogens is 361 g/mol. The molecule has 0 radical (unpaired) electrons. The molecule has 142 valence electrons. The minimum atomic E-state index is -4.64. The van der Waals surface area contributed by atoms with E-state index in [0.29, 0.717) is 25.9 Å². The standard InChI is InChI=1S/C18H17F3N4O2/c19-18(20,21)17-24-23-16(27-17)11-5-7-25(8-6-11)15(26)9-12-10-22-14-4-2-1-3-13(12)14/h1-4,10-11,22H,5-9H2. The molecule has 1 fully saturated rings. The molecule has 1 aliphatic rings. The average molecular weight is 378 g/mol. The lowest BCUT2D eigenvalue weighted by Gasteiger charge is -2.30. The average Bonchev–Trinajstić information content (AvgIpc) is 3.30. The maximum absolute atomic E-state index is 12.6. The number of benzene rings is 1. The molecular formula is C18H17F3N4O2. The molecule has 3 heterocycles. The van der Waals surface area contributed by atoms with Gasteiger partial charge in [-0.15, -0.1) is 10.2 Å². The van der Waals surface area contributed by atoms with Crippen LogP contribution < -0.4 is 0 Å². The Balaban J connectivity index is 1.37. The number of aromatic amines is 1. The van der Waals surface area contributed by atoms with Crippen LogP contribution in [-0.2, 0) is 17.4 Å². The number of hydrogen-bond acceptors (Lipinski definition) is 4. The van der Waals surface area contributed by atoms with E-state index in [-0.39, 0.29) is 24.1 Å². The van der Waals surface area contributed by atoms with Crippen LogP contribution in [0.15, 0.2) is 34.9 Å². The molecule has 0 aliphatic carbocycles. The van der Waals surface area contributed by atoms with Crippen LogP contribution in [0.1, 0.15) is 36.1 Å². The van der Waals surface area contributed by atoms with Gasteiger partial charge in [0.15, 0.2) is 0 Å². The van der Waals surface area contributed by atoms with Crippen LogP contribution in [-0.4, -0.2) is 39.1 Å². The number of para-hydroxylation sites is 1. The number of alkyl halides is 3. The van der Waals surface area contributed by atoms with Gasteiger partial charge in [0.25, 0.3) is 0 Å². The number of nitrogens with zero attached hydrogens (tertiary/aromatic N) is 3. The van der Waals surface area contributed by atoms with E-state index >= 15 is 0 Å². The Morgan fingerprint density at radius 3 is 2.67 bits per heavy atom. The molecule has 0 saturated carbocycles. The summed E-state index contributed by atoms with van der Waals surface area (Å²) in [5, 5.41) is 7.62. The maximum Gasteiger partial charge on any atom is 0.470 e. The molecule has 0 atom stereocenters. The second kappa shape index (κ2) is 6.71. The number of hydrogen-bond donors (Lipinski definition) is 1. The first-order chi connectivity index (χ1) is 12.9. The number of carbonyl (C=O) groups excluding carboxylic acids is 1. The molecule has 9 heteroatoms. The van der Waals surface area contributed by atoms with Crippen molar-refractivity contribution in [3.8, 4) is 0 Å². The van der Waals surface area contributed by atoms with Crippen LogP contribution in [0.4, 0.5) is 13.2 Å². The zero-order chi connectivity index (χ0) is 19.0. The zero-order valence-corrected chi connectivity index (χ0v) is 14.3. The first-order valence-corrected chi connectivity index (χ1v) is 8.65. The Bertz CT molecular complexity index is 955. The highest BCUT2D eigenvalue weighted by molar-refractivity contribution is 5.88. The predicted molar refractivity (Wildman–Crippen MR) is 89.9 cm³/mol. The molecule has 3 aromatic rings. The molecule has 1 aliphatic heterocycles. The van der Waals surface area contributed by atoms with E-state index < -0.39 is 12.1 Å². The summed E-state index contributed by atoms with van der Waals surface area (Å²) in [6.07, 6.45) is -1.51. The van der Waals surface area contributed by atoms with E-state index in [2.05, 4.69) is 15.2 Å². The molecule has 0 bridgehead atoms. The summed E-state index contributed by atoms with van der Waals surface area (Å²) in [7, 11) is 0. The van der Waals surface area contributed by atoms with Gasteiger partial charge in [0.1, 0.15) is 0 Å². The van der Waals surface area contributed by atoms with Gasteiger partial charge in [-0.25, -0.2) is 0 Å². The Hall–Kier alpha value is -2.84. The fourth-order valence-corrected chi connectivity index (χ4v) is 3.44. The second-order valence-electron chi connectivity index (χ2n) is 6.63. The summed E-state index contributed by atoms with van der Waals surface area (Å²) >= 11 is 0. The van der Waals surface area contributed by atoms with Gasteiger partial charge in [-0.2, -0.15) is 13.2 Å². The number of likely N-dealkylation sites (tertiary alicyclic amines) is 1. The van der Waals surface area contributed by atoms with Gasteiger partial charge in [0, 0.05) is 36.1 Å². The third-order valence-electron chi connectivity index (χ3n) is 4.90. The van der Waals surface area contributed by atoms with Gasteiger partial charge in [0.2, 0.25) is 11.8 Å². The van der Waals surface area contributed by atoms with Crippen molar-refractivity contribution in [2.45, 2.75) is 31.4 Å². The van der Waals surface area contributed by atoms with Crippen LogP contribution in [0.2, 0.25) is 0 Å². The minimum absolute atomic E-state index is 0.000266. The summed E-state index contributed by atoms with van der Waals surface area (Å²) in [6, 6.07) is 7.77. The Morgan fingerprint density at radius 2 is 1.96 bits per heavy atom. The van der Waals surface area contributed by atoms with Crippen molar-refractivity contribution in [3.63, 3.8) is 0 Å². The van der Waals surface area contributed by atoms with E-state index in [1.807, 2.05) is 30.5 Å². The number of fused-ring (bicyclic) bond motifs is 1. The van der Waals surface area contributed by atoms with Gasteiger partial charge in [0.05, 0.1) is 6.42 Å². The Morgan fingerprint density at radius 1 is 1.22 bits per heavy atom.